The number of halogens is 3. The number of amides is 1. The van der Waals surface area contributed by atoms with E-state index in [1.54, 1.807) is 13.8 Å². The maximum atomic E-state index is 12.7. The van der Waals surface area contributed by atoms with Gasteiger partial charge in [-0.3, -0.25) is 9.48 Å². The number of nitrogens with zero attached hydrogens (tertiary/aromatic N) is 2. The third-order valence-electron chi connectivity index (χ3n) is 5.20. The van der Waals surface area contributed by atoms with Crippen LogP contribution in [0.1, 0.15) is 51.4 Å². The lowest BCUT2D eigenvalue weighted by atomic mass is 9.78. The van der Waals surface area contributed by atoms with E-state index < -0.39 is 17.8 Å². The molecule has 0 aromatic carbocycles. The van der Waals surface area contributed by atoms with Gasteiger partial charge in [0, 0.05) is 11.7 Å². The summed E-state index contributed by atoms with van der Waals surface area (Å²) in [5.74, 6) is 0.429. The topological polar surface area (TPSA) is 46.9 Å². The molecule has 0 aliphatic heterocycles. The third-order valence-corrected chi connectivity index (χ3v) is 5.20. The smallest absolute Gasteiger partial charge is 0.353 e. The number of rotatable bonds is 4. The van der Waals surface area contributed by atoms with E-state index in [4.69, 9.17) is 0 Å². The van der Waals surface area contributed by atoms with Crippen molar-refractivity contribution in [2.75, 3.05) is 0 Å². The van der Waals surface area contributed by atoms with Crippen LogP contribution in [0.5, 0.6) is 0 Å². The van der Waals surface area contributed by atoms with Crippen molar-refractivity contribution in [1.29, 1.82) is 0 Å². The van der Waals surface area contributed by atoms with Gasteiger partial charge in [0.15, 0.2) is 5.69 Å². The van der Waals surface area contributed by atoms with E-state index in [1.165, 1.54) is 11.1 Å². The van der Waals surface area contributed by atoms with Gasteiger partial charge in [0.2, 0.25) is 5.91 Å². The fraction of sp³-hybridized carbons (Fsp3) is 0.765. The van der Waals surface area contributed by atoms with E-state index in [0.717, 1.165) is 18.9 Å². The largest absolute Gasteiger partial charge is 0.435 e. The standard InChI is InChI=1S/C17H26F3N3O/c1-10-6-5-7-14(13(10)4)21-16(24)11(2)9-23-12(3)8-15(22-23)17(18,19)20/h8,10-11,13-14H,5-7,9H2,1-4H3,(H,21,24)/t10-,11+,13-,14-/m1/s1. The van der Waals surface area contributed by atoms with Crippen LogP contribution in [-0.2, 0) is 17.5 Å². The molecule has 0 saturated heterocycles. The highest BCUT2D eigenvalue weighted by Crippen LogP contribution is 2.30. The minimum absolute atomic E-state index is 0.121. The van der Waals surface area contributed by atoms with E-state index in [-0.39, 0.29) is 18.5 Å². The fourth-order valence-corrected chi connectivity index (χ4v) is 3.29. The van der Waals surface area contributed by atoms with Crippen molar-refractivity contribution in [3.8, 4) is 0 Å². The number of carbonyl (C=O) groups excluding carboxylic acids is 1. The van der Waals surface area contributed by atoms with Gasteiger partial charge in [-0.1, -0.05) is 33.6 Å². The van der Waals surface area contributed by atoms with Crippen molar-refractivity contribution >= 4 is 5.91 Å². The Hall–Kier alpha value is -1.53. The Bertz CT molecular complexity index is 582. The highest BCUT2D eigenvalue weighted by Gasteiger charge is 2.35. The Morgan fingerprint density at radius 3 is 2.67 bits per heavy atom. The maximum Gasteiger partial charge on any atom is 0.435 e. The highest BCUT2D eigenvalue weighted by molar-refractivity contribution is 5.78. The second-order valence-electron chi connectivity index (χ2n) is 7.13. The van der Waals surface area contributed by atoms with Crippen LogP contribution in [0.4, 0.5) is 13.2 Å². The first-order valence-electron chi connectivity index (χ1n) is 8.51. The van der Waals surface area contributed by atoms with Crippen LogP contribution in [0, 0.1) is 24.7 Å². The zero-order valence-corrected chi connectivity index (χ0v) is 14.7. The van der Waals surface area contributed by atoms with Gasteiger partial charge >= 0.3 is 6.18 Å². The molecule has 1 amide bonds. The molecule has 0 bridgehead atoms. The maximum absolute atomic E-state index is 12.7. The van der Waals surface area contributed by atoms with Crippen LogP contribution in [0.2, 0.25) is 0 Å². The molecule has 1 heterocycles. The van der Waals surface area contributed by atoms with Crippen molar-refractivity contribution in [2.45, 2.75) is 65.7 Å². The molecule has 1 aliphatic rings. The normalized spacial score (nSPS) is 26.2. The second-order valence-corrected chi connectivity index (χ2v) is 7.13. The van der Waals surface area contributed by atoms with Gasteiger partial charge in [0.05, 0.1) is 12.5 Å². The average molecular weight is 345 g/mol. The number of hydrogen-bond acceptors (Lipinski definition) is 2. The highest BCUT2D eigenvalue weighted by atomic mass is 19.4. The molecule has 4 atom stereocenters. The van der Waals surface area contributed by atoms with Crippen molar-refractivity contribution in [3.63, 3.8) is 0 Å². The van der Waals surface area contributed by atoms with Crippen molar-refractivity contribution in [1.82, 2.24) is 15.1 Å². The molecule has 24 heavy (non-hydrogen) atoms. The molecule has 1 aromatic heterocycles. The number of hydrogen-bond donors (Lipinski definition) is 1. The van der Waals surface area contributed by atoms with Gasteiger partial charge in [-0.15, -0.1) is 0 Å². The zero-order chi connectivity index (χ0) is 18.1. The Balaban J connectivity index is 1.98. The van der Waals surface area contributed by atoms with Gasteiger partial charge in [-0.2, -0.15) is 18.3 Å². The van der Waals surface area contributed by atoms with Crippen LogP contribution >= 0.6 is 0 Å². The molecule has 1 aliphatic carbocycles. The first kappa shape index (κ1) is 18.8. The molecular weight excluding hydrogens is 319 g/mol. The lowest BCUT2D eigenvalue weighted by Crippen LogP contribution is -2.46. The summed E-state index contributed by atoms with van der Waals surface area (Å²) in [4.78, 5) is 12.4. The molecular formula is C17H26F3N3O. The van der Waals surface area contributed by atoms with Gasteiger partial charge < -0.3 is 5.32 Å². The first-order chi connectivity index (χ1) is 11.1. The Morgan fingerprint density at radius 2 is 2.08 bits per heavy atom. The molecule has 0 unspecified atom stereocenters. The summed E-state index contributed by atoms with van der Waals surface area (Å²) in [6.45, 7) is 7.77. The average Bonchev–Trinajstić information content (AvgIpc) is 2.85. The van der Waals surface area contributed by atoms with Crippen molar-refractivity contribution in [3.05, 3.63) is 17.5 Å². The number of aromatic nitrogens is 2. The van der Waals surface area contributed by atoms with Crippen LogP contribution in [-0.4, -0.2) is 21.7 Å². The van der Waals surface area contributed by atoms with Gasteiger partial charge in [-0.25, -0.2) is 0 Å². The number of alkyl halides is 3. The molecule has 1 N–H and O–H groups in total. The second kappa shape index (κ2) is 7.15. The van der Waals surface area contributed by atoms with Gasteiger partial charge in [-0.05, 0) is 31.2 Å². The third kappa shape index (κ3) is 4.30. The summed E-state index contributed by atoms with van der Waals surface area (Å²) < 4.78 is 39.4. The first-order valence-corrected chi connectivity index (χ1v) is 8.51. The summed E-state index contributed by atoms with van der Waals surface area (Å²) in [6.07, 6.45) is -1.23. The minimum Gasteiger partial charge on any atom is -0.353 e. The Kier molecular flexibility index (Phi) is 5.60. The molecule has 1 aromatic rings. The quantitative estimate of drug-likeness (QED) is 0.902. The Morgan fingerprint density at radius 1 is 1.42 bits per heavy atom. The van der Waals surface area contributed by atoms with E-state index in [0.29, 0.717) is 17.5 Å². The van der Waals surface area contributed by atoms with Crippen LogP contribution in [0.15, 0.2) is 6.07 Å². The van der Waals surface area contributed by atoms with Crippen LogP contribution < -0.4 is 5.32 Å². The number of nitrogens with one attached hydrogen (secondary N) is 1. The molecule has 2 rings (SSSR count). The summed E-state index contributed by atoms with van der Waals surface area (Å²) in [5.41, 5.74) is -0.510. The van der Waals surface area contributed by atoms with Crippen molar-refractivity contribution < 1.29 is 18.0 Å². The molecule has 1 fully saturated rings. The summed E-state index contributed by atoms with van der Waals surface area (Å²) in [7, 11) is 0. The van der Waals surface area contributed by atoms with E-state index in [9.17, 15) is 18.0 Å². The molecule has 4 nitrogen and oxygen atoms in total. The van der Waals surface area contributed by atoms with Gasteiger partial charge in [0.25, 0.3) is 0 Å². The molecule has 136 valence electrons. The summed E-state index contributed by atoms with van der Waals surface area (Å²) in [5, 5.41) is 6.66. The zero-order valence-electron chi connectivity index (χ0n) is 14.7. The van der Waals surface area contributed by atoms with Crippen LogP contribution in [0.25, 0.3) is 0 Å². The Labute approximate surface area is 140 Å². The van der Waals surface area contributed by atoms with Gasteiger partial charge in [0.1, 0.15) is 0 Å². The number of carbonyl (C=O) groups is 1. The lowest BCUT2D eigenvalue weighted by Gasteiger charge is -2.35. The summed E-state index contributed by atoms with van der Waals surface area (Å²) in [6, 6.07) is 1.16. The lowest BCUT2D eigenvalue weighted by molar-refractivity contribution is -0.141. The monoisotopic (exact) mass is 345 g/mol. The SMILES string of the molecule is Cc1cc(C(F)(F)F)nn1C[C@H](C)C(=O)N[C@@H]1CCC[C@@H](C)[C@H]1C. The number of aryl methyl sites for hydroxylation is 1. The predicted molar refractivity (Wildman–Crippen MR) is 85.2 cm³/mol. The molecule has 0 spiro atoms. The molecule has 0 radical (unpaired) electrons. The fourth-order valence-electron chi connectivity index (χ4n) is 3.29. The molecule has 7 heteroatoms. The minimum atomic E-state index is -4.46. The van der Waals surface area contributed by atoms with Crippen molar-refractivity contribution in [2.24, 2.45) is 17.8 Å². The molecule has 1 saturated carbocycles. The van der Waals surface area contributed by atoms with E-state index >= 15 is 0 Å². The predicted octanol–water partition coefficient (Wildman–Crippen LogP) is 3.79. The van der Waals surface area contributed by atoms with E-state index in [1.807, 2.05) is 0 Å². The summed E-state index contributed by atoms with van der Waals surface area (Å²) >= 11 is 0. The van der Waals surface area contributed by atoms with E-state index in [2.05, 4.69) is 24.3 Å². The van der Waals surface area contributed by atoms with Crippen LogP contribution in [0.3, 0.4) is 0 Å².